The molecule has 1 aliphatic rings. The number of rotatable bonds is 1. The fourth-order valence-corrected chi connectivity index (χ4v) is 2.15. The molecule has 0 heterocycles. The summed E-state index contributed by atoms with van der Waals surface area (Å²) in [5, 5.41) is 0.750. The minimum Gasteiger partial charge on any atom is -0.211 e. The number of carbonyl (C=O) groups excluding carboxylic acids is 1. The number of hydrogen-bond donors (Lipinski definition) is 0. The molecular formula is C11H10ClNO. The Labute approximate surface area is 87.6 Å². The highest BCUT2D eigenvalue weighted by Gasteiger charge is 2.19. The second-order valence-corrected chi connectivity index (χ2v) is 3.91. The maximum Gasteiger partial charge on any atom is 0.235 e. The van der Waals surface area contributed by atoms with E-state index in [1.165, 1.54) is 5.56 Å². The van der Waals surface area contributed by atoms with E-state index < -0.39 is 0 Å². The summed E-state index contributed by atoms with van der Waals surface area (Å²) in [7, 11) is 0. The zero-order chi connectivity index (χ0) is 9.97. The first kappa shape index (κ1) is 9.45. The van der Waals surface area contributed by atoms with Gasteiger partial charge < -0.3 is 0 Å². The lowest BCUT2D eigenvalue weighted by Crippen LogP contribution is -2.07. The van der Waals surface area contributed by atoms with Crippen molar-refractivity contribution in [3.8, 4) is 0 Å². The molecule has 0 saturated heterocycles. The predicted octanol–water partition coefficient (Wildman–Crippen LogP) is 3.05. The molecule has 14 heavy (non-hydrogen) atoms. The highest BCUT2D eigenvalue weighted by atomic mass is 35.5. The summed E-state index contributed by atoms with van der Waals surface area (Å²) in [6, 6.07) is 5.76. The Hall–Kier alpha value is -1.11. The van der Waals surface area contributed by atoms with Crippen molar-refractivity contribution in [2.75, 3.05) is 0 Å². The second kappa shape index (κ2) is 3.95. The van der Waals surface area contributed by atoms with Gasteiger partial charge in [-0.1, -0.05) is 17.7 Å². The molecule has 3 heteroatoms. The molecule has 1 aromatic rings. The van der Waals surface area contributed by atoms with Crippen molar-refractivity contribution in [3.63, 3.8) is 0 Å². The third-order valence-electron chi connectivity index (χ3n) is 2.60. The number of fused-ring (bicyclic) bond motifs is 1. The van der Waals surface area contributed by atoms with Crippen molar-refractivity contribution in [1.82, 2.24) is 0 Å². The molecule has 0 bridgehead atoms. The summed E-state index contributed by atoms with van der Waals surface area (Å²) in [6.07, 6.45) is 4.66. The van der Waals surface area contributed by atoms with Gasteiger partial charge >= 0.3 is 0 Å². The van der Waals surface area contributed by atoms with Crippen LogP contribution in [0.25, 0.3) is 0 Å². The maximum absolute atomic E-state index is 10.2. The third-order valence-corrected chi connectivity index (χ3v) is 2.83. The van der Waals surface area contributed by atoms with E-state index in [9.17, 15) is 4.79 Å². The molecule has 0 aromatic heterocycles. The minimum atomic E-state index is -0.00600. The Morgan fingerprint density at radius 3 is 3.14 bits per heavy atom. The largest absolute Gasteiger partial charge is 0.235 e. The van der Waals surface area contributed by atoms with Crippen LogP contribution in [-0.4, -0.2) is 6.08 Å². The van der Waals surface area contributed by atoms with Crippen LogP contribution in [0, 0.1) is 0 Å². The monoisotopic (exact) mass is 207 g/mol. The molecule has 0 saturated carbocycles. The normalized spacial score (nSPS) is 19.6. The average molecular weight is 208 g/mol. The van der Waals surface area contributed by atoms with Gasteiger partial charge in [0.1, 0.15) is 0 Å². The van der Waals surface area contributed by atoms with Crippen LogP contribution in [0.4, 0.5) is 0 Å². The van der Waals surface area contributed by atoms with Crippen LogP contribution in [0.3, 0.4) is 0 Å². The van der Waals surface area contributed by atoms with Crippen LogP contribution in [0.1, 0.15) is 30.0 Å². The quantitative estimate of drug-likeness (QED) is 0.514. The van der Waals surface area contributed by atoms with Crippen molar-refractivity contribution in [2.24, 2.45) is 4.99 Å². The van der Waals surface area contributed by atoms with Gasteiger partial charge in [-0.2, -0.15) is 4.99 Å². The first-order valence-corrected chi connectivity index (χ1v) is 5.04. The molecule has 0 spiro atoms. The van der Waals surface area contributed by atoms with Gasteiger partial charge in [0.05, 0.1) is 6.04 Å². The highest BCUT2D eigenvalue weighted by Crippen LogP contribution is 2.33. The number of hydrogen-bond acceptors (Lipinski definition) is 2. The van der Waals surface area contributed by atoms with Crippen LogP contribution in [0.15, 0.2) is 23.2 Å². The standard InChI is InChI=1S/C11H10ClNO/c12-9-4-5-10-8(6-9)2-1-3-11(10)13-7-14/h4-6,11H,1-3H2. The highest BCUT2D eigenvalue weighted by molar-refractivity contribution is 6.30. The summed E-state index contributed by atoms with van der Waals surface area (Å²) in [4.78, 5) is 14.0. The van der Waals surface area contributed by atoms with Crippen LogP contribution in [-0.2, 0) is 11.2 Å². The zero-order valence-corrected chi connectivity index (χ0v) is 8.42. The first-order chi connectivity index (χ1) is 6.81. The molecule has 1 atom stereocenters. The van der Waals surface area contributed by atoms with E-state index in [-0.39, 0.29) is 6.04 Å². The van der Waals surface area contributed by atoms with Crippen molar-refractivity contribution < 1.29 is 4.79 Å². The molecule has 72 valence electrons. The molecule has 0 N–H and O–H groups in total. The van der Waals surface area contributed by atoms with Crippen molar-refractivity contribution in [1.29, 1.82) is 0 Å². The fraction of sp³-hybridized carbons (Fsp3) is 0.364. The Morgan fingerprint density at radius 2 is 2.36 bits per heavy atom. The predicted molar refractivity (Wildman–Crippen MR) is 55.3 cm³/mol. The van der Waals surface area contributed by atoms with E-state index >= 15 is 0 Å². The molecule has 0 fully saturated rings. The molecule has 0 aliphatic heterocycles. The smallest absolute Gasteiger partial charge is 0.211 e. The summed E-state index contributed by atoms with van der Waals surface area (Å²) >= 11 is 5.89. The molecule has 1 unspecified atom stereocenters. The van der Waals surface area contributed by atoms with Crippen LogP contribution in [0.2, 0.25) is 5.02 Å². The number of isocyanates is 1. The first-order valence-electron chi connectivity index (χ1n) is 4.66. The molecule has 2 nitrogen and oxygen atoms in total. The molecule has 2 rings (SSSR count). The summed E-state index contributed by atoms with van der Waals surface area (Å²) in [5.41, 5.74) is 2.34. The number of aryl methyl sites for hydroxylation is 1. The second-order valence-electron chi connectivity index (χ2n) is 3.47. The van der Waals surface area contributed by atoms with E-state index in [0.29, 0.717) is 0 Å². The Balaban J connectivity index is 2.44. The third kappa shape index (κ3) is 1.72. The van der Waals surface area contributed by atoms with Gasteiger partial charge in [0.25, 0.3) is 0 Å². The number of benzene rings is 1. The number of nitrogens with zero attached hydrogens (tertiary/aromatic N) is 1. The minimum absolute atomic E-state index is 0.00600. The maximum atomic E-state index is 10.2. The van der Waals surface area contributed by atoms with E-state index in [1.807, 2.05) is 18.2 Å². The van der Waals surface area contributed by atoms with Crippen molar-refractivity contribution in [3.05, 3.63) is 34.3 Å². The van der Waals surface area contributed by atoms with Crippen LogP contribution < -0.4 is 0 Å². The molecular weight excluding hydrogens is 198 g/mol. The van der Waals surface area contributed by atoms with Gasteiger partial charge in [-0.3, -0.25) is 0 Å². The lowest BCUT2D eigenvalue weighted by molar-refractivity contribution is 0.538. The topological polar surface area (TPSA) is 29.4 Å². The average Bonchev–Trinajstić information content (AvgIpc) is 2.18. The van der Waals surface area contributed by atoms with Crippen LogP contribution in [0.5, 0.6) is 0 Å². The summed E-state index contributed by atoms with van der Waals surface area (Å²) < 4.78 is 0. The van der Waals surface area contributed by atoms with Gasteiger partial charge in [-0.25, -0.2) is 4.79 Å². The van der Waals surface area contributed by atoms with Crippen LogP contribution >= 0.6 is 11.6 Å². The van der Waals surface area contributed by atoms with Crippen molar-refractivity contribution in [2.45, 2.75) is 25.3 Å². The molecule has 0 radical (unpaired) electrons. The SMILES string of the molecule is O=C=NC1CCCc2cc(Cl)ccc21. The van der Waals surface area contributed by atoms with Gasteiger partial charge in [-0.15, -0.1) is 0 Å². The lowest BCUT2D eigenvalue weighted by Gasteiger charge is -2.21. The van der Waals surface area contributed by atoms with Crippen molar-refractivity contribution >= 4 is 17.7 Å². The molecule has 1 aliphatic carbocycles. The zero-order valence-electron chi connectivity index (χ0n) is 7.66. The van der Waals surface area contributed by atoms with Gasteiger partial charge in [0, 0.05) is 5.02 Å². The molecule has 1 aromatic carbocycles. The van der Waals surface area contributed by atoms with Gasteiger partial charge in [0.2, 0.25) is 6.08 Å². The lowest BCUT2D eigenvalue weighted by atomic mass is 9.88. The van der Waals surface area contributed by atoms with E-state index in [2.05, 4.69) is 4.99 Å². The molecule has 0 amide bonds. The van der Waals surface area contributed by atoms with E-state index in [0.717, 1.165) is 29.8 Å². The summed E-state index contributed by atoms with van der Waals surface area (Å²) in [6.45, 7) is 0. The Morgan fingerprint density at radius 1 is 1.50 bits per heavy atom. The number of halogens is 1. The summed E-state index contributed by atoms with van der Waals surface area (Å²) in [5.74, 6) is 0. The van der Waals surface area contributed by atoms with E-state index in [1.54, 1.807) is 6.08 Å². The van der Waals surface area contributed by atoms with Gasteiger partial charge in [-0.05, 0) is 42.5 Å². The fourth-order valence-electron chi connectivity index (χ4n) is 1.95. The number of aliphatic imine (C=N–C) groups is 1. The Kier molecular flexibility index (Phi) is 2.67. The van der Waals surface area contributed by atoms with Gasteiger partial charge in [0.15, 0.2) is 0 Å². The Bertz CT molecular complexity index is 396. The van der Waals surface area contributed by atoms with E-state index in [4.69, 9.17) is 11.6 Å².